The predicted molar refractivity (Wildman–Crippen MR) is 185 cm³/mol. The minimum absolute atomic E-state index is 1.12. The van der Waals surface area contributed by atoms with Gasteiger partial charge in [-0.15, -0.1) is 0 Å². The van der Waals surface area contributed by atoms with Crippen molar-refractivity contribution in [1.82, 2.24) is 0 Å². The second-order valence-corrected chi connectivity index (χ2v) is 11.0. The normalized spacial score (nSPS) is 11.3. The molecule has 0 aliphatic carbocycles. The van der Waals surface area contributed by atoms with E-state index in [0.29, 0.717) is 0 Å². The molecule has 0 aliphatic rings. The van der Waals surface area contributed by atoms with Crippen LogP contribution in [0.1, 0.15) is 0 Å². The van der Waals surface area contributed by atoms with Crippen molar-refractivity contribution in [2.24, 2.45) is 0 Å². The topological polar surface area (TPSA) is 3.24 Å². The molecule has 0 amide bonds. The van der Waals surface area contributed by atoms with Gasteiger partial charge >= 0.3 is 0 Å². The van der Waals surface area contributed by atoms with Gasteiger partial charge in [0.25, 0.3) is 0 Å². The molecule has 202 valence electrons. The van der Waals surface area contributed by atoms with E-state index in [9.17, 15) is 0 Å². The Morgan fingerprint density at radius 1 is 0.279 bits per heavy atom. The summed E-state index contributed by atoms with van der Waals surface area (Å²) >= 11 is 0. The fourth-order valence-electron chi connectivity index (χ4n) is 6.33. The van der Waals surface area contributed by atoms with Gasteiger partial charge in [-0.1, -0.05) is 133 Å². The molecule has 0 saturated carbocycles. The molecule has 0 aromatic heterocycles. The molecule has 0 aliphatic heterocycles. The summed E-state index contributed by atoms with van der Waals surface area (Å²) in [6, 6.07) is 63.5. The second kappa shape index (κ2) is 10.6. The molecule has 1 nitrogen and oxygen atoms in total. The van der Waals surface area contributed by atoms with Crippen LogP contribution < -0.4 is 4.90 Å². The Bertz CT molecular complexity index is 2240. The monoisotopic (exact) mass is 547 g/mol. The molecule has 0 heterocycles. The number of benzene rings is 8. The molecule has 0 unspecified atom stereocenters. The second-order valence-electron chi connectivity index (χ2n) is 11.0. The Morgan fingerprint density at radius 3 is 1.70 bits per heavy atom. The van der Waals surface area contributed by atoms with Crippen molar-refractivity contribution in [3.8, 4) is 22.3 Å². The summed E-state index contributed by atoms with van der Waals surface area (Å²) in [7, 11) is 0. The van der Waals surface area contributed by atoms with Crippen LogP contribution in [0.4, 0.5) is 17.1 Å². The van der Waals surface area contributed by atoms with Gasteiger partial charge in [-0.25, -0.2) is 0 Å². The molecular formula is C42H29N. The number of fused-ring (bicyclic) bond motifs is 4. The molecule has 0 saturated heterocycles. The number of rotatable bonds is 5. The highest BCUT2D eigenvalue weighted by Crippen LogP contribution is 2.39. The standard InChI is InChI=1S/C42H29N/c1-2-17-36(18-3-1)43(38-25-26-42-35(29-38)24-23-31-12-5-7-21-40(31)42)37-19-9-15-33(28-37)32-14-8-16-34(27-32)41-22-10-13-30-11-4-6-20-39(30)41/h1-29H. The third-order valence-corrected chi connectivity index (χ3v) is 8.40. The number of hydrogen-bond acceptors (Lipinski definition) is 1. The van der Waals surface area contributed by atoms with Crippen molar-refractivity contribution in [2.75, 3.05) is 4.90 Å². The first kappa shape index (κ1) is 25.1. The maximum atomic E-state index is 2.35. The van der Waals surface area contributed by atoms with Gasteiger partial charge in [0, 0.05) is 17.1 Å². The molecule has 0 radical (unpaired) electrons. The van der Waals surface area contributed by atoms with Gasteiger partial charge in [0.15, 0.2) is 0 Å². The van der Waals surface area contributed by atoms with E-state index >= 15 is 0 Å². The number of para-hydroxylation sites is 1. The Hall–Kier alpha value is -5.66. The maximum Gasteiger partial charge on any atom is 0.0468 e. The molecule has 0 atom stereocenters. The highest BCUT2D eigenvalue weighted by Gasteiger charge is 2.15. The molecule has 0 fully saturated rings. The number of hydrogen-bond donors (Lipinski definition) is 0. The van der Waals surface area contributed by atoms with E-state index in [1.165, 1.54) is 54.6 Å². The number of nitrogens with zero attached hydrogens (tertiary/aromatic N) is 1. The van der Waals surface area contributed by atoms with Crippen molar-refractivity contribution in [1.29, 1.82) is 0 Å². The van der Waals surface area contributed by atoms with Crippen molar-refractivity contribution in [3.05, 3.63) is 176 Å². The first-order valence-corrected chi connectivity index (χ1v) is 14.8. The molecule has 8 rings (SSSR count). The van der Waals surface area contributed by atoms with Gasteiger partial charge in [-0.3, -0.25) is 0 Å². The molecule has 0 N–H and O–H groups in total. The summed E-state index contributed by atoms with van der Waals surface area (Å²) in [5.41, 5.74) is 8.25. The minimum atomic E-state index is 1.12. The van der Waals surface area contributed by atoms with Gasteiger partial charge in [-0.2, -0.15) is 0 Å². The largest absolute Gasteiger partial charge is 0.310 e. The zero-order chi connectivity index (χ0) is 28.6. The van der Waals surface area contributed by atoms with Crippen LogP contribution in [0.2, 0.25) is 0 Å². The molecule has 0 spiro atoms. The van der Waals surface area contributed by atoms with Gasteiger partial charge < -0.3 is 4.90 Å². The summed E-state index contributed by atoms with van der Waals surface area (Å²) in [5.74, 6) is 0. The van der Waals surface area contributed by atoms with Crippen LogP contribution >= 0.6 is 0 Å². The first-order valence-electron chi connectivity index (χ1n) is 14.8. The average molecular weight is 548 g/mol. The van der Waals surface area contributed by atoms with E-state index in [1.54, 1.807) is 0 Å². The summed E-state index contributed by atoms with van der Waals surface area (Å²) in [5, 5.41) is 7.58. The van der Waals surface area contributed by atoms with Gasteiger partial charge in [0.1, 0.15) is 0 Å². The average Bonchev–Trinajstić information content (AvgIpc) is 3.09. The van der Waals surface area contributed by atoms with Crippen LogP contribution in [0, 0.1) is 0 Å². The lowest BCUT2D eigenvalue weighted by Gasteiger charge is -2.26. The van der Waals surface area contributed by atoms with Crippen LogP contribution in [0.3, 0.4) is 0 Å². The van der Waals surface area contributed by atoms with Crippen LogP contribution in [-0.4, -0.2) is 0 Å². The summed E-state index contributed by atoms with van der Waals surface area (Å²) in [6.45, 7) is 0. The zero-order valence-electron chi connectivity index (χ0n) is 23.7. The first-order chi connectivity index (χ1) is 21.3. The fourth-order valence-corrected chi connectivity index (χ4v) is 6.33. The predicted octanol–water partition coefficient (Wildman–Crippen LogP) is 11.9. The lowest BCUT2D eigenvalue weighted by molar-refractivity contribution is 1.29. The molecular weight excluding hydrogens is 518 g/mol. The van der Waals surface area contributed by atoms with Crippen molar-refractivity contribution < 1.29 is 0 Å². The van der Waals surface area contributed by atoms with E-state index in [2.05, 4.69) is 181 Å². The van der Waals surface area contributed by atoms with Crippen LogP contribution in [0.25, 0.3) is 54.6 Å². The van der Waals surface area contributed by atoms with Crippen LogP contribution in [-0.2, 0) is 0 Å². The van der Waals surface area contributed by atoms with Gasteiger partial charge in [0.2, 0.25) is 0 Å². The third kappa shape index (κ3) is 4.62. The molecule has 0 bridgehead atoms. The lowest BCUT2D eigenvalue weighted by atomic mass is 9.95. The Balaban J connectivity index is 1.24. The van der Waals surface area contributed by atoms with E-state index in [1.807, 2.05) is 0 Å². The summed E-state index contributed by atoms with van der Waals surface area (Å²) < 4.78 is 0. The minimum Gasteiger partial charge on any atom is -0.310 e. The van der Waals surface area contributed by atoms with Gasteiger partial charge in [-0.05, 0) is 97.0 Å². The van der Waals surface area contributed by atoms with E-state index in [0.717, 1.165) is 17.1 Å². The van der Waals surface area contributed by atoms with Crippen LogP contribution in [0.5, 0.6) is 0 Å². The Kier molecular flexibility index (Phi) is 6.20. The Labute approximate surface area is 251 Å². The van der Waals surface area contributed by atoms with E-state index < -0.39 is 0 Å². The summed E-state index contributed by atoms with van der Waals surface area (Å²) in [6.07, 6.45) is 0. The fraction of sp³-hybridized carbons (Fsp3) is 0. The zero-order valence-corrected chi connectivity index (χ0v) is 23.7. The summed E-state index contributed by atoms with van der Waals surface area (Å²) in [4.78, 5) is 2.35. The van der Waals surface area contributed by atoms with E-state index in [-0.39, 0.29) is 0 Å². The molecule has 8 aromatic rings. The SMILES string of the molecule is c1ccc(N(c2cccc(-c3cccc(-c4cccc5ccccc45)c3)c2)c2ccc3c(ccc4ccccc43)c2)cc1. The Morgan fingerprint density at radius 2 is 0.837 bits per heavy atom. The van der Waals surface area contributed by atoms with Crippen molar-refractivity contribution in [3.63, 3.8) is 0 Å². The molecule has 8 aromatic carbocycles. The van der Waals surface area contributed by atoms with E-state index in [4.69, 9.17) is 0 Å². The third-order valence-electron chi connectivity index (χ3n) is 8.40. The molecule has 1 heteroatoms. The highest BCUT2D eigenvalue weighted by atomic mass is 15.1. The highest BCUT2D eigenvalue weighted by molar-refractivity contribution is 6.08. The van der Waals surface area contributed by atoms with Crippen molar-refractivity contribution in [2.45, 2.75) is 0 Å². The van der Waals surface area contributed by atoms with Crippen molar-refractivity contribution >= 4 is 49.4 Å². The maximum absolute atomic E-state index is 2.35. The quantitative estimate of drug-likeness (QED) is 0.194. The molecule has 43 heavy (non-hydrogen) atoms. The lowest BCUT2D eigenvalue weighted by Crippen LogP contribution is -2.09. The van der Waals surface area contributed by atoms with Gasteiger partial charge in [0.05, 0.1) is 0 Å². The van der Waals surface area contributed by atoms with Crippen LogP contribution in [0.15, 0.2) is 176 Å². The number of anilines is 3. The smallest absolute Gasteiger partial charge is 0.0468 e.